The fourth-order valence-electron chi connectivity index (χ4n) is 3.34. The maximum atomic E-state index is 12.3. The minimum Gasteiger partial charge on any atom is -0.352 e. The Balaban J connectivity index is 1.87. The van der Waals surface area contributed by atoms with E-state index in [9.17, 15) is 4.79 Å². The van der Waals surface area contributed by atoms with Crippen molar-refractivity contribution in [3.8, 4) is 0 Å². The number of nitrogens with one attached hydrogen (secondary N) is 1. The molecule has 98 valence electrons. The topological polar surface area (TPSA) is 58.4 Å². The number of carbonyl (C=O) groups is 1. The van der Waals surface area contributed by atoms with Crippen molar-refractivity contribution >= 4 is 5.91 Å². The summed E-state index contributed by atoms with van der Waals surface area (Å²) >= 11 is 0. The van der Waals surface area contributed by atoms with Gasteiger partial charge in [0.1, 0.15) is 0 Å². The first-order chi connectivity index (χ1) is 8.05. The van der Waals surface area contributed by atoms with Crippen LogP contribution in [0.3, 0.4) is 0 Å². The number of nitrogens with two attached hydrogens (primary N) is 1. The number of nitrogens with zero attached hydrogens (tertiary/aromatic N) is 1. The Hall–Kier alpha value is -0.610. The number of amides is 1. The Morgan fingerprint density at radius 1 is 1.53 bits per heavy atom. The number of hydrogen-bond acceptors (Lipinski definition) is 3. The Kier molecular flexibility index (Phi) is 3.73. The van der Waals surface area contributed by atoms with Gasteiger partial charge in [-0.05, 0) is 45.2 Å². The Morgan fingerprint density at radius 2 is 2.24 bits per heavy atom. The first kappa shape index (κ1) is 12.8. The second-order valence-electron chi connectivity index (χ2n) is 6.07. The molecule has 1 atom stereocenters. The van der Waals surface area contributed by atoms with Gasteiger partial charge in [0.2, 0.25) is 5.91 Å². The van der Waals surface area contributed by atoms with E-state index in [0.717, 1.165) is 32.4 Å². The number of carbonyl (C=O) groups excluding carboxylic acids is 1. The van der Waals surface area contributed by atoms with E-state index in [2.05, 4.69) is 24.2 Å². The van der Waals surface area contributed by atoms with Gasteiger partial charge in [0.05, 0.1) is 5.41 Å². The largest absolute Gasteiger partial charge is 0.352 e. The van der Waals surface area contributed by atoms with Gasteiger partial charge in [-0.25, -0.2) is 0 Å². The molecule has 0 aromatic rings. The van der Waals surface area contributed by atoms with E-state index in [1.54, 1.807) is 0 Å². The molecular weight excluding hydrogens is 214 g/mol. The van der Waals surface area contributed by atoms with Crippen molar-refractivity contribution < 1.29 is 4.79 Å². The van der Waals surface area contributed by atoms with Crippen molar-refractivity contribution in [3.63, 3.8) is 0 Å². The molecular formula is C13H25N3O. The Bertz CT molecular complexity index is 286. The predicted molar refractivity (Wildman–Crippen MR) is 68.5 cm³/mol. The third-order valence-electron chi connectivity index (χ3n) is 4.31. The van der Waals surface area contributed by atoms with E-state index < -0.39 is 0 Å². The summed E-state index contributed by atoms with van der Waals surface area (Å²) in [6.45, 7) is 4.80. The SMILES string of the molecule is CC1CC(CN)(C(=O)NC2CCCN(C)C2)C1. The van der Waals surface area contributed by atoms with Crippen LogP contribution >= 0.6 is 0 Å². The Labute approximate surface area is 104 Å². The standard InChI is InChI=1S/C13H25N3O/c1-10-6-13(7-10,9-14)12(17)15-11-4-3-5-16(2)8-11/h10-11H,3-9,14H2,1-2H3,(H,15,17). The van der Waals surface area contributed by atoms with Gasteiger partial charge in [0.15, 0.2) is 0 Å². The van der Waals surface area contributed by atoms with Crippen LogP contribution in [0.25, 0.3) is 0 Å². The fraction of sp³-hybridized carbons (Fsp3) is 0.923. The van der Waals surface area contributed by atoms with Crippen LogP contribution in [0.4, 0.5) is 0 Å². The number of likely N-dealkylation sites (tertiary alicyclic amines) is 1. The fourth-order valence-corrected chi connectivity index (χ4v) is 3.34. The number of hydrogen-bond donors (Lipinski definition) is 2. The van der Waals surface area contributed by atoms with Crippen molar-refractivity contribution in [1.29, 1.82) is 0 Å². The molecule has 0 spiro atoms. The van der Waals surface area contributed by atoms with Gasteiger partial charge in [0.25, 0.3) is 0 Å². The third-order valence-corrected chi connectivity index (χ3v) is 4.31. The van der Waals surface area contributed by atoms with Crippen LogP contribution in [0.1, 0.15) is 32.6 Å². The lowest BCUT2D eigenvalue weighted by atomic mass is 9.62. The quantitative estimate of drug-likeness (QED) is 0.757. The molecule has 1 aliphatic heterocycles. The molecule has 3 N–H and O–H groups in total. The van der Waals surface area contributed by atoms with Gasteiger partial charge < -0.3 is 16.0 Å². The summed E-state index contributed by atoms with van der Waals surface area (Å²) in [5, 5.41) is 3.20. The van der Waals surface area contributed by atoms with Crippen LogP contribution in [0.2, 0.25) is 0 Å². The van der Waals surface area contributed by atoms with Crippen LogP contribution in [0.15, 0.2) is 0 Å². The first-order valence-electron chi connectivity index (χ1n) is 6.75. The average Bonchev–Trinajstić information content (AvgIpc) is 2.24. The molecule has 1 unspecified atom stereocenters. The van der Waals surface area contributed by atoms with Gasteiger partial charge in [0, 0.05) is 19.1 Å². The molecule has 0 aromatic carbocycles. The van der Waals surface area contributed by atoms with Crippen LogP contribution in [0, 0.1) is 11.3 Å². The summed E-state index contributed by atoms with van der Waals surface area (Å²) in [6, 6.07) is 0.320. The van der Waals surface area contributed by atoms with E-state index in [1.807, 2.05) is 0 Å². The second-order valence-corrected chi connectivity index (χ2v) is 6.07. The predicted octanol–water partition coefficient (Wildman–Crippen LogP) is 0.572. The zero-order valence-electron chi connectivity index (χ0n) is 11.0. The maximum absolute atomic E-state index is 12.3. The molecule has 1 aliphatic carbocycles. The van der Waals surface area contributed by atoms with Crippen molar-refractivity contribution in [2.45, 2.75) is 38.6 Å². The molecule has 1 heterocycles. The number of piperidine rings is 1. The van der Waals surface area contributed by atoms with Crippen LogP contribution in [-0.4, -0.2) is 43.5 Å². The van der Waals surface area contributed by atoms with Crippen molar-refractivity contribution in [1.82, 2.24) is 10.2 Å². The van der Waals surface area contributed by atoms with Gasteiger partial charge in [-0.15, -0.1) is 0 Å². The zero-order valence-corrected chi connectivity index (χ0v) is 11.0. The van der Waals surface area contributed by atoms with Crippen LogP contribution in [0.5, 0.6) is 0 Å². The van der Waals surface area contributed by atoms with Gasteiger partial charge in [-0.1, -0.05) is 6.92 Å². The maximum Gasteiger partial charge on any atom is 0.227 e. The smallest absolute Gasteiger partial charge is 0.227 e. The molecule has 0 radical (unpaired) electrons. The first-order valence-corrected chi connectivity index (χ1v) is 6.75. The lowest BCUT2D eigenvalue weighted by Crippen LogP contribution is -2.57. The highest BCUT2D eigenvalue weighted by Crippen LogP contribution is 2.44. The summed E-state index contributed by atoms with van der Waals surface area (Å²) in [5.74, 6) is 0.844. The van der Waals surface area contributed by atoms with E-state index in [0.29, 0.717) is 18.5 Å². The molecule has 4 nitrogen and oxygen atoms in total. The molecule has 1 amide bonds. The summed E-state index contributed by atoms with van der Waals surface area (Å²) in [6.07, 6.45) is 4.19. The summed E-state index contributed by atoms with van der Waals surface area (Å²) < 4.78 is 0. The molecule has 4 heteroatoms. The highest BCUT2D eigenvalue weighted by molar-refractivity contribution is 5.84. The molecule has 1 saturated heterocycles. The summed E-state index contributed by atoms with van der Waals surface area (Å²) in [5.41, 5.74) is 5.54. The number of rotatable bonds is 3. The zero-order chi connectivity index (χ0) is 12.5. The lowest BCUT2D eigenvalue weighted by Gasteiger charge is -2.45. The average molecular weight is 239 g/mol. The van der Waals surface area contributed by atoms with Crippen LogP contribution in [-0.2, 0) is 4.79 Å². The highest BCUT2D eigenvalue weighted by atomic mass is 16.2. The van der Waals surface area contributed by atoms with Crippen molar-refractivity contribution in [2.24, 2.45) is 17.1 Å². The van der Waals surface area contributed by atoms with Crippen molar-refractivity contribution in [2.75, 3.05) is 26.7 Å². The number of likely N-dealkylation sites (N-methyl/N-ethyl adjacent to an activating group) is 1. The van der Waals surface area contributed by atoms with Gasteiger partial charge >= 0.3 is 0 Å². The molecule has 1 saturated carbocycles. The molecule has 2 aliphatic rings. The molecule has 17 heavy (non-hydrogen) atoms. The van der Waals surface area contributed by atoms with Gasteiger partial charge in [-0.2, -0.15) is 0 Å². The third kappa shape index (κ3) is 2.63. The molecule has 2 fully saturated rings. The van der Waals surface area contributed by atoms with Crippen LogP contribution < -0.4 is 11.1 Å². The monoisotopic (exact) mass is 239 g/mol. The minimum atomic E-state index is -0.255. The van der Waals surface area contributed by atoms with E-state index >= 15 is 0 Å². The van der Waals surface area contributed by atoms with E-state index in [-0.39, 0.29) is 11.3 Å². The van der Waals surface area contributed by atoms with Crippen molar-refractivity contribution in [3.05, 3.63) is 0 Å². The molecule has 2 rings (SSSR count). The highest BCUT2D eigenvalue weighted by Gasteiger charge is 2.47. The Morgan fingerprint density at radius 3 is 2.76 bits per heavy atom. The lowest BCUT2D eigenvalue weighted by molar-refractivity contribution is -0.139. The van der Waals surface area contributed by atoms with Gasteiger partial charge in [-0.3, -0.25) is 4.79 Å². The van der Waals surface area contributed by atoms with E-state index in [4.69, 9.17) is 5.73 Å². The second kappa shape index (κ2) is 4.94. The molecule has 0 aromatic heterocycles. The minimum absolute atomic E-state index is 0.193. The summed E-state index contributed by atoms with van der Waals surface area (Å²) in [4.78, 5) is 14.6. The summed E-state index contributed by atoms with van der Waals surface area (Å²) in [7, 11) is 2.11. The normalized spacial score (nSPS) is 38.5. The molecule has 0 bridgehead atoms. The van der Waals surface area contributed by atoms with E-state index in [1.165, 1.54) is 6.42 Å².